The average molecular weight is 347 g/mol. The van der Waals surface area contributed by atoms with Gasteiger partial charge in [0, 0.05) is 17.3 Å². The molecule has 2 amide bonds. The van der Waals surface area contributed by atoms with Gasteiger partial charge in [0.25, 0.3) is 5.91 Å². The van der Waals surface area contributed by atoms with Gasteiger partial charge in [-0.25, -0.2) is 0 Å². The molecule has 1 aromatic heterocycles. The van der Waals surface area contributed by atoms with Gasteiger partial charge in [0.2, 0.25) is 5.91 Å². The van der Waals surface area contributed by atoms with E-state index >= 15 is 0 Å². The summed E-state index contributed by atoms with van der Waals surface area (Å²) in [5.41, 5.74) is 1.44. The highest BCUT2D eigenvalue weighted by molar-refractivity contribution is 7.80. The smallest absolute Gasteiger partial charge is 0.267 e. The molecule has 0 bridgehead atoms. The van der Waals surface area contributed by atoms with Crippen LogP contribution < -0.4 is 16.0 Å². The molecule has 0 aliphatic heterocycles. The van der Waals surface area contributed by atoms with E-state index in [-0.39, 0.29) is 22.8 Å². The Morgan fingerprint density at radius 2 is 1.65 bits per heavy atom. The largest absolute Gasteiger partial charge is 0.332 e. The van der Waals surface area contributed by atoms with Crippen molar-refractivity contribution in [3.8, 4) is 0 Å². The molecule has 5 nitrogen and oxygen atoms in total. The third kappa shape index (κ3) is 5.15. The second-order valence-corrected chi connectivity index (χ2v) is 6.46. The number of carbonyl (C=O) groups excluding carboxylic acids is 2. The molecule has 0 saturated carbocycles. The summed E-state index contributed by atoms with van der Waals surface area (Å²) in [7, 11) is 0. The van der Waals surface area contributed by atoms with Gasteiger partial charge >= 0.3 is 0 Å². The van der Waals surface area contributed by atoms with Crippen LogP contribution in [0.5, 0.6) is 0 Å². The number of hydrogen-bond donors (Lipinski definition) is 3. The first-order valence-electron chi connectivity index (χ1n) is 7.02. The van der Waals surface area contributed by atoms with Crippen molar-refractivity contribution in [3.63, 3.8) is 0 Å². The van der Waals surface area contributed by atoms with Gasteiger partial charge in [-0.3, -0.25) is 14.9 Å². The van der Waals surface area contributed by atoms with Crippen LogP contribution >= 0.6 is 23.6 Å². The highest BCUT2D eigenvalue weighted by atomic mass is 32.1. The van der Waals surface area contributed by atoms with E-state index in [1.807, 2.05) is 19.2 Å². The molecule has 0 fully saturated rings. The van der Waals surface area contributed by atoms with Crippen LogP contribution in [0.4, 0.5) is 11.4 Å². The molecular weight excluding hydrogens is 330 g/mol. The van der Waals surface area contributed by atoms with E-state index in [0.29, 0.717) is 10.6 Å². The van der Waals surface area contributed by atoms with Crippen molar-refractivity contribution >= 4 is 51.9 Å². The van der Waals surface area contributed by atoms with Gasteiger partial charge in [0.15, 0.2) is 5.11 Å². The van der Waals surface area contributed by atoms with Crippen molar-refractivity contribution in [2.24, 2.45) is 5.92 Å². The number of benzene rings is 1. The molecule has 0 saturated heterocycles. The lowest BCUT2D eigenvalue weighted by Crippen LogP contribution is -2.33. The molecule has 0 spiro atoms. The highest BCUT2D eigenvalue weighted by Gasteiger charge is 2.09. The third-order valence-electron chi connectivity index (χ3n) is 2.91. The number of nitrogens with one attached hydrogen (secondary N) is 3. The summed E-state index contributed by atoms with van der Waals surface area (Å²) in [5, 5.41) is 10.4. The number of thiophene rings is 1. The second-order valence-electron chi connectivity index (χ2n) is 5.11. The summed E-state index contributed by atoms with van der Waals surface area (Å²) in [6.07, 6.45) is 0. The topological polar surface area (TPSA) is 70.2 Å². The Morgan fingerprint density at radius 3 is 2.17 bits per heavy atom. The van der Waals surface area contributed by atoms with Gasteiger partial charge in [-0.1, -0.05) is 19.9 Å². The van der Waals surface area contributed by atoms with Crippen LogP contribution in [-0.4, -0.2) is 16.9 Å². The Bertz CT molecular complexity index is 695. The van der Waals surface area contributed by atoms with Crippen LogP contribution in [0.1, 0.15) is 23.5 Å². The van der Waals surface area contributed by atoms with E-state index in [1.54, 1.807) is 36.4 Å². The average Bonchev–Trinajstić information content (AvgIpc) is 3.03. The summed E-state index contributed by atoms with van der Waals surface area (Å²) < 4.78 is 0. The zero-order valence-electron chi connectivity index (χ0n) is 12.8. The number of thiocarbonyl (C=S) groups is 1. The fourth-order valence-electron chi connectivity index (χ4n) is 1.66. The summed E-state index contributed by atoms with van der Waals surface area (Å²) >= 11 is 6.46. The fourth-order valence-corrected chi connectivity index (χ4v) is 2.49. The quantitative estimate of drug-likeness (QED) is 0.741. The van der Waals surface area contributed by atoms with Crippen LogP contribution in [0.3, 0.4) is 0 Å². The first-order valence-corrected chi connectivity index (χ1v) is 8.31. The molecule has 0 atom stereocenters. The second kappa shape index (κ2) is 7.85. The monoisotopic (exact) mass is 347 g/mol. The van der Waals surface area contributed by atoms with E-state index in [1.165, 1.54) is 11.3 Å². The lowest BCUT2D eigenvalue weighted by atomic mass is 10.2. The molecule has 2 aromatic rings. The molecule has 0 radical (unpaired) electrons. The van der Waals surface area contributed by atoms with E-state index < -0.39 is 0 Å². The maximum atomic E-state index is 11.9. The molecule has 120 valence electrons. The van der Waals surface area contributed by atoms with Gasteiger partial charge in [-0.15, -0.1) is 11.3 Å². The van der Waals surface area contributed by atoms with E-state index in [9.17, 15) is 9.59 Å². The number of amides is 2. The van der Waals surface area contributed by atoms with Crippen LogP contribution in [-0.2, 0) is 4.79 Å². The minimum absolute atomic E-state index is 0.0376. The van der Waals surface area contributed by atoms with Gasteiger partial charge in [0.05, 0.1) is 4.88 Å². The van der Waals surface area contributed by atoms with Crippen molar-refractivity contribution in [2.75, 3.05) is 10.6 Å². The SMILES string of the molecule is CC(C)C(=O)Nc1ccc(NC(=S)NC(=O)c2cccs2)cc1. The van der Waals surface area contributed by atoms with Crippen molar-refractivity contribution in [1.29, 1.82) is 0 Å². The minimum atomic E-state index is -0.238. The first kappa shape index (κ1) is 17.1. The summed E-state index contributed by atoms with van der Waals surface area (Å²) in [6, 6.07) is 10.6. The van der Waals surface area contributed by atoms with Crippen LogP contribution in [0.25, 0.3) is 0 Å². The summed E-state index contributed by atoms with van der Waals surface area (Å²) in [6.45, 7) is 3.67. The number of carbonyl (C=O) groups is 2. The maximum absolute atomic E-state index is 11.9. The number of hydrogen-bond acceptors (Lipinski definition) is 4. The van der Waals surface area contributed by atoms with Crippen LogP contribution in [0.2, 0.25) is 0 Å². The standard InChI is InChI=1S/C16H17N3O2S2/c1-10(2)14(20)17-11-5-7-12(8-6-11)18-16(22)19-15(21)13-4-3-9-23-13/h3-10H,1-2H3,(H,17,20)(H2,18,19,21,22). The normalized spacial score (nSPS) is 10.2. The Kier molecular flexibility index (Phi) is 5.84. The van der Waals surface area contributed by atoms with Crippen molar-refractivity contribution in [3.05, 3.63) is 46.7 Å². The first-order chi connectivity index (χ1) is 11.0. The summed E-state index contributed by atoms with van der Waals surface area (Å²) in [5.74, 6) is -0.351. The molecule has 0 aliphatic carbocycles. The van der Waals surface area contributed by atoms with Gasteiger partial charge in [0.1, 0.15) is 0 Å². The Labute approximate surface area is 144 Å². The summed E-state index contributed by atoms with van der Waals surface area (Å²) in [4.78, 5) is 24.1. The van der Waals surface area contributed by atoms with Gasteiger partial charge < -0.3 is 10.6 Å². The zero-order valence-corrected chi connectivity index (χ0v) is 14.4. The Morgan fingerprint density at radius 1 is 1.04 bits per heavy atom. The number of anilines is 2. The highest BCUT2D eigenvalue weighted by Crippen LogP contribution is 2.14. The van der Waals surface area contributed by atoms with E-state index in [0.717, 1.165) is 5.69 Å². The minimum Gasteiger partial charge on any atom is -0.332 e. The van der Waals surface area contributed by atoms with E-state index in [2.05, 4.69) is 16.0 Å². The van der Waals surface area contributed by atoms with Crippen molar-refractivity contribution < 1.29 is 9.59 Å². The lowest BCUT2D eigenvalue weighted by molar-refractivity contribution is -0.118. The predicted molar refractivity (Wildman–Crippen MR) is 97.9 cm³/mol. The fraction of sp³-hybridized carbons (Fsp3) is 0.188. The molecule has 23 heavy (non-hydrogen) atoms. The van der Waals surface area contributed by atoms with Crippen LogP contribution in [0.15, 0.2) is 41.8 Å². The molecule has 7 heteroatoms. The zero-order chi connectivity index (χ0) is 16.8. The van der Waals surface area contributed by atoms with Crippen molar-refractivity contribution in [1.82, 2.24) is 5.32 Å². The molecule has 2 rings (SSSR count). The Hall–Kier alpha value is -2.25. The van der Waals surface area contributed by atoms with Crippen LogP contribution in [0, 0.1) is 5.92 Å². The van der Waals surface area contributed by atoms with Crippen molar-refractivity contribution in [2.45, 2.75) is 13.8 Å². The third-order valence-corrected chi connectivity index (χ3v) is 3.98. The molecule has 0 aliphatic rings. The van der Waals surface area contributed by atoms with Gasteiger partial charge in [-0.2, -0.15) is 0 Å². The number of rotatable bonds is 4. The Balaban J connectivity index is 1.89. The molecule has 0 unspecified atom stereocenters. The lowest BCUT2D eigenvalue weighted by Gasteiger charge is -2.11. The molecule has 3 N–H and O–H groups in total. The van der Waals surface area contributed by atoms with E-state index in [4.69, 9.17) is 12.2 Å². The predicted octanol–water partition coefficient (Wildman–Crippen LogP) is 3.47. The molecular formula is C16H17N3O2S2. The molecule has 1 heterocycles. The maximum Gasteiger partial charge on any atom is 0.267 e. The van der Waals surface area contributed by atoms with Gasteiger partial charge in [-0.05, 0) is 47.9 Å². The molecule has 1 aromatic carbocycles.